The molecule has 0 aliphatic heterocycles. The quantitative estimate of drug-likeness (QED) is 0.346. The van der Waals surface area contributed by atoms with Gasteiger partial charge in [0.2, 0.25) is 5.78 Å². The molecule has 0 radical (unpaired) electrons. The van der Waals surface area contributed by atoms with Crippen molar-refractivity contribution in [2.24, 2.45) is 0 Å². The second-order valence-electron chi connectivity index (χ2n) is 3.21. The van der Waals surface area contributed by atoms with Gasteiger partial charge in [-0.2, -0.15) is 0 Å². The highest BCUT2D eigenvalue weighted by atomic mass is 35.5. The third-order valence-electron chi connectivity index (χ3n) is 1.98. The minimum absolute atomic E-state index is 0.314. The number of halogens is 1. The molecule has 0 aromatic rings. The largest absolute Gasteiger partial charge is 0.289 e. The third kappa shape index (κ3) is 7.97. The van der Waals surface area contributed by atoms with Crippen LogP contribution in [0.1, 0.15) is 51.9 Å². The van der Waals surface area contributed by atoms with E-state index in [4.69, 9.17) is 11.6 Å². The lowest BCUT2D eigenvalue weighted by atomic mass is 10.1. The highest BCUT2D eigenvalue weighted by Crippen LogP contribution is 2.07. The first-order chi connectivity index (χ1) is 6.18. The average molecular weight is 205 g/mol. The zero-order chi connectivity index (χ0) is 10.1. The summed E-state index contributed by atoms with van der Waals surface area (Å²) >= 11 is 5.00. The van der Waals surface area contributed by atoms with Gasteiger partial charge in [-0.25, -0.2) is 0 Å². The standard InChI is InChI=1S/C10H17ClO2/c1-2-3-4-5-6-7-8-9(12)10(11)13/h2-8H2,1H3. The molecule has 3 heteroatoms. The molecule has 0 spiro atoms. The summed E-state index contributed by atoms with van der Waals surface area (Å²) < 4.78 is 0. The first-order valence-corrected chi connectivity index (χ1v) is 5.29. The van der Waals surface area contributed by atoms with E-state index in [1.807, 2.05) is 0 Å². The molecule has 0 unspecified atom stereocenters. The Kier molecular flexibility index (Phi) is 8.00. The molecular weight excluding hydrogens is 188 g/mol. The molecule has 0 heterocycles. The topological polar surface area (TPSA) is 34.1 Å². The Labute approximate surface area is 84.7 Å². The van der Waals surface area contributed by atoms with E-state index >= 15 is 0 Å². The molecule has 0 aliphatic carbocycles. The first-order valence-electron chi connectivity index (χ1n) is 4.91. The smallest absolute Gasteiger partial charge is 0.288 e. The minimum Gasteiger partial charge on any atom is -0.289 e. The summed E-state index contributed by atoms with van der Waals surface area (Å²) in [5.74, 6) is -0.447. The molecule has 0 fully saturated rings. The van der Waals surface area contributed by atoms with Crippen LogP contribution >= 0.6 is 11.6 Å². The van der Waals surface area contributed by atoms with Gasteiger partial charge in [0.05, 0.1) is 0 Å². The van der Waals surface area contributed by atoms with Crippen molar-refractivity contribution in [1.82, 2.24) is 0 Å². The van der Waals surface area contributed by atoms with E-state index in [1.54, 1.807) is 0 Å². The molecule has 0 aromatic heterocycles. The predicted molar refractivity (Wildman–Crippen MR) is 53.9 cm³/mol. The van der Waals surface area contributed by atoms with Crippen molar-refractivity contribution in [3.05, 3.63) is 0 Å². The summed E-state index contributed by atoms with van der Waals surface area (Å²) in [6, 6.07) is 0. The average Bonchev–Trinajstić information content (AvgIpc) is 2.10. The van der Waals surface area contributed by atoms with Crippen LogP contribution in [-0.2, 0) is 9.59 Å². The first kappa shape index (κ1) is 12.6. The molecule has 0 rings (SSSR count). The number of hydrogen-bond donors (Lipinski definition) is 0. The normalized spacial score (nSPS) is 10.0. The van der Waals surface area contributed by atoms with Gasteiger partial charge in [0.25, 0.3) is 5.24 Å². The van der Waals surface area contributed by atoms with E-state index < -0.39 is 11.0 Å². The molecule has 0 aromatic carbocycles. The Morgan fingerprint density at radius 3 is 2.08 bits per heavy atom. The van der Waals surface area contributed by atoms with Crippen molar-refractivity contribution in [3.63, 3.8) is 0 Å². The number of carbonyl (C=O) groups is 2. The molecule has 2 nitrogen and oxygen atoms in total. The van der Waals surface area contributed by atoms with Crippen LogP contribution in [0.2, 0.25) is 0 Å². The van der Waals surface area contributed by atoms with Crippen LogP contribution in [0.15, 0.2) is 0 Å². The summed E-state index contributed by atoms with van der Waals surface area (Å²) in [7, 11) is 0. The zero-order valence-electron chi connectivity index (χ0n) is 8.14. The van der Waals surface area contributed by atoms with E-state index in [-0.39, 0.29) is 0 Å². The van der Waals surface area contributed by atoms with E-state index in [9.17, 15) is 9.59 Å². The van der Waals surface area contributed by atoms with Gasteiger partial charge < -0.3 is 0 Å². The SMILES string of the molecule is CCCCCCCCC(=O)C(=O)Cl. The van der Waals surface area contributed by atoms with Gasteiger partial charge in [0.1, 0.15) is 0 Å². The lowest BCUT2D eigenvalue weighted by Gasteiger charge is -1.98. The molecule has 0 N–H and O–H groups in total. The van der Waals surface area contributed by atoms with Gasteiger partial charge in [-0.05, 0) is 18.0 Å². The van der Waals surface area contributed by atoms with E-state index in [0.717, 1.165) is 19.3 Å². The Bertz CT molecular complexity index is 166. The Balaban J connectivity index is 3.16. The fraction of sp³-hybridized carbons (Fsp3) is 0.800. The minimum atomic E-state index is -0.825. The molecule has 0 amide bonds. The van der Waals surface area contributed by atoms with Crippen molar-refractivity contribution in [1.29, 1.82) is 0 Å². The second kappa shape index (κ2) is 8.24. The maximum absolute atomic E-state index is 10.8. The van der Waals surface area contributed by atoms with Gasteiger partial charge >= 0.3 is 0 Å². The molecule has 13 heavy (non-hydrogen) atoms. The maximum atomic E-state index is 10.8. The van der Waals surface area contributed by atoms with Gasteiger partial charge in [0, 0.05) is 6.42 Å². The predicted octanol–water partition coefficient (Wildman–Crippen LogP) is 3.07. The molecule has 0 aliphatic rings. The van der Waals surface area contributed by atoms with Gasteiger partial charge in [0.15, 0.2) is 0 Å². The van der Waals surface area contributed by atoms with Gasteiger partial charge in [-0.3, -0.25) is 9.59 Å². The highest BCUT2D eigenvalue weighted by molar-refractivity contribution is 6.81. The Morgan fingerprint density at radius 1 is 1.00 bits per heavy atom. The van der Waals surface area contributed by atoms with Gasteiger partial charge in [-0.15, -0.1) is 0 Å². The molecule has 76 valence electrons. The fourth-order valence-electron chi connectivity index (χ4n) is 1.16. The lowest BCUT2D eigenvalue weighted by molar-refractivity contribution is -0.132. The Morgan fingerprint density at radius 2 is 1.54 bits per heavy atom. The highest BCUT2D eigenvalue weighted by Gasteiger charge is 2.08. The number of carbonyl (C=O) groups excluding carboxylic acids is 2. The van der Waals surface area contributed by atoms with Crippen molar-refractivity contribution >= 4 is 22.6 Å². The maximum Gasteiger partial charge on any atom is 0.288 e. The summed E-state index contributed by atoms with van der Waals surface area (Å²) in [5, 5.41) is -0.825. The van der Waals surface area contributed by atoms with Crippen LogP contribution in [0.25, 0.3) is 0 Å². The summed E-state index contributed by atoms with van der Waals surface area (Å²) in [6.45, 7) is 2.16. The number of rotatable bonds is 8. The Hall–Kier alpha value is -0.370. The number of hydrogen-bond acceptors (Lipinski definition) is 2. The van der Waals surface area contributed by atoms with E-state index in [1.165, 1.54) is 19.3 Å². The molecule has 0 saturated heterocycles. The molecular formula is C10H17ClO2. The van der Waals surface area contributed by atoms with Crippen LogP contribution in [0.4, 0.5) is 0 Å². The fourth-order valence-corrected chi connectivity index (χ4v) is 1.26. The third-order valence-corrected chi connectivity index (χ3v) is 2.19. The van der Waals surface area contributed by atoms with Crippen molar-refractivity contribution in [2.75, 3.05) is 0 Å². The van der Waals surface area contributed by atoms with Crippen molar-refractivity contribution in [3.8, 4) is 0 Å². The van der Waals surface area contributed by atoms with Crippen LogP contribution in [0.3, 0.4) is 0 Å². The molecule has 0 atom stereocenters. The number of Topliss-reactive ketones (excluding diaryl/α,β-unsaturated/α-hetero) is 1. The molecule has 0 bridgehead atoms. The monoisotopic (exact) mass is 204 g/mol. The van der Waals surface area contributed by atoms with Crippen molar-refractivity contribution < 1.29 is 9.59 Å². The lowest BCUT2D eigenvalue weighted by Crippen LogP contribution is -2.05. The number of unbranched alkanes of at least 4 members (excludes halogenated alkanes) is 5. The van der Waals surface area contributed by atoms with Crippen molar-refractivity contribution in [2.45, 2.75) is 51.9 Å². The van der Waals surface area contributed by atoms with Gasteiger partial charge in [-0.1, -0.05) is 39.0 Å². The molecule has 0 saturated carbocycles. The van der Waals surface area contributed by atoms with Crippen LogP contribution in [-0.4, -0.2) is 11.0 Å². The number of ketones is 1. The van der Waals surface area contributed by atoms with E-state index in [2.05, 4.69) is 6.92 Å². The van der Waals surface area contributed by atoms with E-state index in [0.29, 0.717) is 6.42 Å². The second-order valence-corrected chi connectivity index (χ2v) is 3.56. The van der Waals surface area contributed by atoms with Crippen LogP contribution in [0, 0.1) is 0 Å². The summed E-state index contributed by atoms with van der Waals surface area (Å²) in [5.41, 5.74) is 0. The zero-order valence-corrected chi connectivity index (χ0v) is 8.90. The summed E-state index contributed by atoms with van der Waals surface area (Å²) in [4.78, 5) is 21.1. The van der Waals surface area contributed by atoms with Crippen LogP contribution < -0.4 is 0 Å². The van der Waals surface area contributed by atoms with Crippen LogP contribution in [0.5, 0.6) is 0 Å². The summed E-state index contributed by atoms with van der Waals surface area (Å²) in [6.07, 6.45) is 6.98.